The number of halogens is 2. The average molecular weight is 394 g/mol. The molecule has 2 aromatic rings. The molecule has 0 N–H and O–H groups in total. The van der Waals surface area contributed by atoms with Gasteiger partial charge in [0, 0.05) is 32.9 Å². The quantitative estimate of drug-likeness (QED) is 0.785. The highest BCUT2D eigenvalue weighted by Gasteiger charge is 2.24. The normalized spacial score (nSPS) is 17.2. The van der Waals surface area contributed by atoms with Gasteiger partial charge in [0.1, 0.15) is 11.9 Å². The van der Waals surface area contributed by atoms with Gasteiger partial charge < -0.3 is 14.5 Å². The maximum atomic E-state index is 12.2. The largest absolute Gasteiger partial charge is 0.370 e. The molecule has 1 atom stereocenters. The second-order valence-corrected chi connectivity index (χ2v) is 7.02. The Bertz CT molecular complexity index is 783. The van der Waals surface area contributed by atoms with Gasteiger partial charge in [0.05, 0.1) is 22.2 Å². The average Bonchev–Trinajstić information content (AvgIpc) is 2.69. The summed E-state index contributed by atoms with van der Waals surface area (Å²) >= 11 is 12.1. The zero-order valence-corrected chi connectivity index (χ0v) is 16.3. The van der Waals surface area contributed by atoms with Crippen LogP contribution in [0.25, 0.3) is 0 Å². The molecule has 0 radical (unpaired) electrons. The summed E-state index contributed by atoms with van der Waals surface area (Å²) < 4.78 is 5.89. The Morgan fingerprint density at radius 2 is 2.12 bits per heavy atom. The highest BCUT2D eigenvalue weighted by molar-refractivity contribution is 6.42. The van der Waals surface area contributed by atoms with Crippen molar-refractivity contribution >= 4 is 34.9 Å². The van der Waals surface area contributed by atoms with Crippen molar-refractivity contribution in [3.63, 3.8) is 0 Å². The third-order valence-corrected chi connectivity index (χ3v) is 5.26. The predicted molar refractivity (Wildman–Crippen MR) is 104 cm³/mol. The Balaban J connectivity index is 1.73. The zero-order chi connectivity index (χ0) is 18.7. The van der Waals surface area contributed by atoms with Gasteiger partial charge in [-0.2, -0.15) is 0 Å². The van der Waals surface area contributed by atoms with Crippen molar-refractivity contribution in [1.82, 2.24) is 9.88 Å². The van der Waals surface area contributed by atoms with Crippen molar-refractivity contribution in [2.75, 3.05) is 38.2 Å². The number of ether oxygens (including phenoxy) is 1. The summed E-state index contributed by atoms with van der Waals surface area (Å²) in [6.45, 7) is 4.60. The molecule has 0 bridgehead atoms. The zero-order valence-electron chi connectivity index (χ0n) is 14.8. The molecular formula is C19H21Cl2N3O2. The molecule has 1 aliphatic rings. The van der Waals surface area contributed by atoms with Crippen LogP contribution in [0.3, 0.4) is 0 Å². The van der Waals surface area contributed by atoms with Crippen molar-refractivity contribution < 1.29 is 9.53 Å². The molecule has 5 nitrogen and oxygen atoms in total. The van der Waals surface area contributed by atoms with E-state index in [1.807, 2.05) is 31.2 Å². The first-order valence-corrected chi connectivity index (χ1v) is 9.28. The number of carbonyl (C=O) groups excluding carboxylic acids is 1. The van der Waals surface area contributed by atoms with E-state index in [2.05, 4.69) is 9.88 Å². The first-order chi connectivity index (χ1) is 12.5. The summed E-state index contributed by atoms with van der Waals surface area (Å²) in [5, 5.41) is 1.05. The number of morpholine rings is 1. The first kappa shape index (κ1) is 19.0. The van der Waals surface area contributed by atoms with E-state index in [1.165, 1.54) is 0 Å². The molecule has 138 valence electrons. The van der Waals surface area contributed by atoms with Crippen molar-refractivity contribution in [2.45, 2.75) is 13.0 Å². The number of anilines is 1. The summed E-state index contributed by atoms with van der Waals surface area (Å²) in [5.74, 6) is 0.802. The lowest BCUT2D eigenvalue weighted by atomic mass is 10.1. The minimum Gasteiger partial charge on any atom is -0.370 e. The van der Waals surface area contributed by atoms with E-state index in [1.54, 1.807) is 24.2 Å². The third-order valence-electron chi connectivity index (χ3n) is 4.52. The van der Waals surface area contributed by atoms with Gasteiger partial charge in [-0.15, -0.1) is 0 Å². The standard InChI is InChI=1S/C19H21Cl2N3O2/c1-3-23(2)19(25)14-5-7-18(22-11-14)24-8-9-26-17(12-24)13-4-6-15(20)16(21)10-13/h4-7,10-11,17H,3,8-9,12H2,1-2H3/t17-/m1/s1. The van der Waals surface area contributed by atoms with E-state index in [4.69, 9.17) is 27.9 Å². The first-order valence-electron chi connectivity index (χ1n) is 8.52. The number of amides is 1. The molecule has 1 aliphatic heterocycles. The van der Waals surface area contributed by atoms with Gasteiger partial charge in [0.2, 0.25) is 0 Å². The Labute approximate surface area is 163 Å². The predicted octanol–water partition coefficient (Wildman–Crippen LogP) is 4.06. The van der Waals surface area contributed by atoms with Gasteiger partial charge in [-0.05, 0) is 36.8 Å². The fraction of sp³-hybridized carbons (Fsp3) is 0.368. The maximum Gasteiger partial charge on any atom is 0.255 e. The summed E-state index contributed by atoms with van der Waals surface area (Å²) in [4.78, 5) is 20.5. The summed E-state index contributed by atoms with van der Waals surface area (Å²) in [6, 6.07) is 9.25. The number of benzene rings is 1. The summed E-state index contributed by atoms with van der Waals surface area (Å²) in [7, 11) is 1.78. The van der Waals surface area contributed by atoms with E-state index >= 15 is 0 Å². The minimum atomic E-state index is -0.104. The highest BCUT2D eigenvalue weighted by Crippen LogP contribution is 2.30. The lowest BCUT2D eigenvalue weighted by Crippen LogP contribution is -2.38. The molecule has 2 heterocycles. The van der Waals surface area contributed by atoms with Gasteiger partial charge in [-0.3, -0.25) is 4.79 Å². The van der Waals surface area contributed by atoms with Gasteiger partial charge in [-0.1, -0.05) is 29.3 Å². The Morgan fingerprint density at radius 1 is 1.31 bits per heavy atom. The number of rotatable bonds is 4. The molecule has 0 aliphatic carbocycles. The lowest BCUT2D eigenvalue weighted by Gasteiger charge is -2.34. The van der Waals surface area contributed by atoms with E-state index in [9.17, 15) is 4.79 Å². The van der Waals surface area contributed by atoms with E-state index in [0.717, 1.165) is 17.9 Å². The molecule has 1 aromatic carbocycles. The molecule has 1 fully saturated rings. The van der Waals surface area contributed by atoms with Crippen LogP contribution < -0.4 is 4.90 Å². The fourth-order valence-electron chi connectivity index (χ4n) is 2.84. The Morgan fingerprint density at radius 3 is 2.77 bits per heavy atom. The van der Waals surface area contributed by atoms with Gasteiger partial charge >= 0.3 is 0 Å². The number of hydrogen-bond donors (Lipinski definition) is 0. The number of aromatic nitrogens is 1. The molecule has 7 heteroatoms. The highest BCUT2D eigenvalue weighted by atomic mass is 35.5. The van der Waals surface area contributed by atoms with Gasteiger partial charge in [0.15, 0.2) is 0 Å². The Kier molecular flexibility index (Phi) is 6.01. The van der Waals surface area contributed by atoms with Crippen molar-refractivity contribution in [3.8, 4) is 0 Å². The van der Waals surface area contributed by atoms with Crippen molar-refractivity contribution in [3.05, 3.63) is 57.7 Å². The van der Waals surface area contributed by atoms with Crippen molar-refractivity contribution in [1.29, 1.82) is 0 Å². The van der Waals surface area contributed by atoms with Gasteiger partial charge in [0.25, 0.3) is 5.91 Å². The number of hydrogen-bond acceptors (Lipinski definition) is 4. The number of pyridine rings is 1. The smallest absolute Gasteiger partial charge is 0.255 e. The molecule has 1 aromatic heterocycles. The van der Waals surface area contributed by atoms with Crippen LogP contribution in [0.5, 0.6) is 0 Å². The van der Waals surface area contributed by atoms with Crippen LogP contribution in [-0.2, 0) is 4.74 Å². The molecule has 3 rings (SSSR count). The van der Waals surface area contributed by atoms with Gasteiger partial charge in [-0.25, -0.2) is 4.98 Å². The summed E-state index contributed by atoms with van der Waals surface area (Å²) in [5.41, 5.74) is 1.58. The third kappa shape index (κ3) is 4.11. The SMILES string of the molecule is CCN(C)C(=O)c1ccc(N2CCO[C@@H](c3ccc(Cl)c(Cl)c3)C2)nc1. The molecule has 1 amide bonds. The number of nitrogens with zero attached hydrogens (tertiary/aromatic N) is 3. The molecule has 0 unspecified atom stereocenters. The van der Waals surface area contributed by atoms with Crippen LogP contribution in [0.4, 0.5) is 5.82 Å². The molecule has 1 saturated heterocycles. The van der Waals surface area contributed by atoms with Crippen LogP contribution in [0, 0.1) is 0 Å². The van der Waals surface area contributed by atoms with E-state index in [-0.39, 0.29) is 12.0 Å². The van der Waals surface area contributed by atoms with E-state index < -0.39 is 0 Å². The molecule has 0 spiro atoms. The van der Waals surface area contributed by atoms with Crippen LogP contribution >= 0.6 is 23.2 Å². The monoisotopic (exact) mass is 393 g/mol. The van der Waals surface area contributed by atoms with Crippen LogP contribution in [0.1, 0.15) is 28.9 Å². The fourth-order valence-corrected chi connectivity index (χ4v) is 3.14. The van der Waals surface area contributed by atoms with Crippen LogP contribution in [0.2, 0.25) is 10.0 Å². The second-order valence-electron chi connectivity index (χ2n) is 6.20. The van der Waals surface area contributed by atoms with Crippen LogP contribution in [-0.4, -0.2) is 49.1 Å². The maximum absolute atomic E-state index is 12.2. The van der Waals surface area contributed by atoms with Crippen molar-refractivity contribution in [2.24, 2.45) is 0 Å². The van der Waals surface area contributed by atoms with Crippen LogP contribution in [0.15, 0.2) is 36.5 Å². The summed E-state index contributed by atoms with van der Waals surface area (Å²) in [6.07, 6.45) is 1.53. The topological polar surface area (TPSA) is 45.7 Å². The lowest BCUT2D eigenvalue weighted by molar-refractivity contribution is 0.0395. The number of carbonyl (C=O) groups is 1. The Hall–Kier alpha value is -1.82. The molecule has 0 saturated carbocycles. The van der Waals surface area contributed by atoms with E-state index in [0.29, 0.717) is 35.3 Å². The molecule has 26 heavy (non-hydrogen) atoms. The minimum absolute atomic E-state index is 0.0257. The molecular weight excluding hydrogens is 373 g/mol. The second kappa shape index (κ2) is 8.25.